The quantitative estimate of drug-likeness (QED) is 0.553. The highest BCUT2D eigenvalue weighted by molar-refractivity contribution is 4.59. The molecule has 0 fully saturated rings. The molecule has 3 heteroatoms. The number of hydrogen-bond donors (Lipinski definition) is 2. The maximum Gasteiger partial charge on any atom is 0.0897 e. The summed E-state index contributed by atoms with van der Waals surface area (Å²) in [5, 5.41) is 17.7. The minimum absolute atomic E-state index is 0.141. The van der Waals surface area contributed by atoms with Crippen molar-refractivity contribution in [3.8, 4) is 0 Å². The highest BCUT2D eigenvalue weighted by Gasteiger charge is 2.05. The Morgan fingerprint density at radius 2 is 2.00 bits per heavy atom. The summed E-state index contributed by atoms with van der Waals surface area (Å²) in [5.41, 5.74) is 0. The monoisotopic (exact) mass is 175 g/mol. The number of hydrogen-bond acceptors (Lipinski definition) is 3. The van der Waals surface area contributed by atoms with Crippen LogP contribution in [0.1, 0.15) is 26.2 Å². The number of aliphatic hydroxyl groups excluding tert-OH is 2. The summed E-state index contributed by atoms with van der Waals surface area (Å²) >= 11 is 0. The van der Waals surface area contributed by atoms with Crippen molar-refractivity contribution in [2.24, 2.45) is 0 Å². The summed E-state index contributed by atoms with van der Waals surface area (Å²) in [4.78, 5) is 2.05. The van der Waals surface area contributed by atoms with Crippen molar-refractivity contribution >= 4 is 0 Å². The van der Waals surface area contributed by atoms with Gasteiger partial charge in [0.15, 0.2) is 0 Å². The molecule has 1 atom stereocenters. The summed E-state index contributed by atoms with van der Waals surface area (Å²) in [5.74, 6) is 0. The fourth-order valence-electron chi connectivity index (χ4n) is 1.14. The number of aliphatic hydroxyl groups is 2. The Balaban J connectivity index is 3.26. The van der Waals surface area contributed by atoms with Crippen molar-refractivity contribution in [2.45, 2.75) is 32.3 Å². The van der Waals surface area contributed by atoms with E-state index in [4.69, 9.17) is 10.2 Å². The van der Waals surface area contributed by atoms with Gasteiger partial charge in [-0.15, -0.1) is 0 Å². The van der Waals surface area contributed by atoms with Crippen LogP contribution in [0.3, 0.4) is 0 Å². The van der Waals surface area contributed by atoms with Gasteiger partial charge in [-0.1, -0.05) is 19.8 Å². The molecule has 0 heterocycles. The standard InChI is InChI=1S/C9H21NO2/c1-3-4-5-6-10(2)7-9(12)8-11/h9,11-12H,3-8H2,1-2H3. The number of nitrogens with zero attached hydrogens (tertiary/aromatic N) is 1. The van der Waals surface area contributed by atoms with E-state index in [1.54, 1.807) is 0 Å². The largest absolute Gasteiger partial charge is 0.394 e. The molecule has 0 aromatic rings. The molecule has 2 N–H and O–H groups in total. The molecule has 0 aliphatic carbocycles. The second-order valence-corrected chi connectivity index (χ2v) is 3.31. The molecule has 0 amide bonds. The van der Waals surface area contributed by atoms with Gasteiger partial charge in [-0.3, -0.25) is 0 Å². The van der Waals surface area contributed by atoms with Gasteiger partial charge in [0.2, 0.25) is 0 Å². The topological polar surface area (TPSA) is 43.7 Å². The van der Waals surface area contributed by atoms with E-state index in [-0.39, 0.29) is 6.61 Å². The van der Waals surface area contributed by atoms with Crippen LogP contribution in [0.15, 0.2) is 0 Å². The molecular weight excluding hydrogens is 154 g/mol. The number of rotatable bonds is 7. The molecule has 3 nitrogen and oxygen atoms in total. The summed E-state index contributed by atoms with van der Waals surface area (Å²) in [6.07, 6.45) is 3.04. The second-order valence-electron chi connectivity index (χ2n) is 3.31. The second kappa shape index (κ2) is 7.53. The van der Waals surface area contributed by atoms with Gasteiger partial charge in [-0.2, -0.15) is 0 Å². The van der Waals surface area contributed by atoms with Crippen LogP contribution in [-0.2, 0) is 0 Å². The van der Waals surface area contributed by atoms with Gasteiger partial charge in [0.25, 0.3) is 0 Å². The Labute approximate surface area is 75.0 Å². The maximum absolute atomic E-state index is 9.09. The van der Waals surface area contributed by atoms with E-state index in [1.165, 1.54) is 19.3 Å². The van der Waals surface area contributed by atoms with E-state index in [0.29, 0.717) is 6.54 Å². The summed E-state index contributed by atoms with van der Waals surface area (Å²) in [6, 6.07) is 0. The van der Waals surface area contributed by atoms with Crippen molar-refractivity contribution in [2.75, 3.05) is 26.7 Å². The van der Waals surface area contributed by atoms with E-state index >= 15 is 0 Å². The zero-order valence-corrected chi connectivity index (χ0v) is 8.16. The van der Waals surface area contributed by atoms with E-state index in [9.17, 15) is 0 Å². The molecule has 12 heavy (non-hydrogen) atoms. The Morgan fingerprint density at radius 1 is 1.33 bits per heavy atom. The molecule has 74 valence electrons. The average molecular weight is 175 g/mol. The van der Waals surface area contributed by atoms with Crippen LogP contribution in [0.2, 0.25) is 0 Å². The molecule has 0 saturated heterocycles. The van der Waals surface area contributed by atoms with Gasteiger partial charge >= 0.3 is 0 Å². The first-order chi connectivity index (χ1) is 5.70. The third-order valence-electron chi connectivity index (χ3n) is 1.88. The molecule has 0 aromatic carbocycles. The van der Waals surface area contributed by atoms with Gasteiger partial charge in [0, 0.05) is 6.54 Å². The lowest BCUT2D eigenvalue weighted by molar-refractivity contribution is 0.0662. The zero-order valence-electron chi connectivity index (χ0n) is 8.16. The molecule has 0 rings (SSSR count). The van der Waals surface area contributed by atoms with Crippen LogP contribution in [-0.4, -0.2) is 48.0 Å². The molecule has 0 aliphatic heterocycles. The van der Waals surface area contributed by atoms with E-state index in [0.717, 1.165) is 6.54 Å². The van der Waals surface area contributed by atoms with Crippen LogP contribution < -0.4 is 0 Å². The third kappa shape index (κ3) is 6.58. The normalized spacial score (nSPS) is 13.8. The summed E-state index contributed by atoms with van der Waals surface area (Å²) in [6.45, 7) is 3.60. The molecular formula is C9H21NO2. The molecule has 0 saturated carbocycles. The third-order valence-corrected chi connectivity index (χ3v) is 1.88. The fraction of sp³-hybridized carbons (Fsp3) is 1.00. The predicted molar refractivity (Wildman–Crippen MR) is 50.1 cm³/mol. The van der Waals surface area contributed by atoms with Gasteiger partial charge in [0.05, 0.1) is 12.7 Å². The Bertz CT molecular complexity index is 98.5. The van der Waals surface area contributed by atoms with Gasteiger partial charge < -0.3 is 15.1 Å². The smallest absolute Gasteiger partial charge is 0.0897 e. The lowest BCUT2D eigenvalue weighted by Crippen LogP contribution is -2.31. The van der Waals surface area contributed by atoms with Crippen molar-refractivity contribution in [1.82, 2.24) is 4.90 Å². The average Bonchev–Trinajstić information content (AvgIpc) is 2.05. The minimum atomic E-state index is -0.586. The van der Waals surface area contributed by atoms with Crippen molar-refractivity contribution < 1.29 is 10.2 Å². The first-order valence-electron chi connectivity index (χ1n) is 4.68. The Morgan fingerprint density at radius 3 is 2.50 bits per heavy atom. The van der Waals surface area contributed by atoms with Crippen molar-refractivity contribution in [1.29, 1.82) is 0 Å². The first-order valence-corrected chi connectivity index (χ1v) is 4.68. The Kier molecular flexibility index (Phi) is 7.45. The van der Waals surface area contributed by atoms with Crippen LogP contribution in [0.25, 0.3) is 0 Å². The predicted octanol–water partition coefficient (Wildman–Crippen LogP) is 0.462. The van der Waals surface area contributed by atoms with Gasteiger partial charge in [-0.25, -0.2) is 0 Å². The van der Waals surface area contributed by atoms with Gasteiger partial charge in [-0.05, 0) is 20.0 Å². The molecule has 0 radical (unpaired) electrons. The number of unbranched alkanes of at least 4 members (excludes halogenated alkanes) is 2. The van der Waals surface area contributed by atoms with Crippen LogP contribution >= 0.6 is 0 Å². The lowest BCUT2D eigenvalue weighted by Gasteiger charge is -2.18. The SMILES string of the molecule is CCCCCN(C)CC(O)CO. The lowest BCUT2D eigenvalue weighted by atomic mass is 10.2. The van der Waals surface area contributed by atoms with E-state index in [2.05, 4.69) is 11.8 Å². The van der Waals surface area contributed by atoms with Gasteiger partial charge in [0.1, 0.15) is 0 Å². The molecule has 0 aromatic heterocycles. The molecule has 0 aliphatic rings. The maximum atomic E-state index is 9.09. The van der Waals surface area contributed by atoms with Crippen molar-refractivity contribution in [3.05, 3.63) is 0 Å². The van der Waals surface area contributed by atoms with E-state index in [1.807, 2.05) is 7.05 Å². The van der Waals surface area contributed by atoms with Crippen LogP contribution in [0.5, 0.6) is 0 Å². The van der Waals surface area contributed by atoms with Crippen LogP contribution in [0.4, 0.5) is 0 Å². The van der Waals surface area contributed by atoms with E-state index < -0.39 is 6.10 Å². The summed E-state index contributed by atoms with van der Waals surface area (Å²) < 4.78 is 0. The molecule has 0 spiro atoms. The zero-order chi connectivity index (χ0) is 9.40. The number of likely N-dealkylation sites (N-methyl/N-ethyl adjacent to an activating group) is 1. The molecule has 0 bridgehead atoms. The minimum Gasteiger partial charge on any atom is -0.394 e. The van der Waals surface area contributed by atoms with Crippen molar-refractivity contribution in [3.63, 3.8) is 0 Å². The summed E-state index contributed by atoms with van der Waals surface area (Å²) in [7, 11) is 1.97. The van der Waals surface area contributed by atoms with Crippen LogP contribution in [0, 0.1) is 0 Å². The highest BCUT2D eigenvalue weighted by Crippen LogP contribution is 1.97. The fourth-order valence-corrected chi connectivity index (χ4v) is 1.14. The molecule has 1 unspecified atom stereocenters. The first kappa shape index (κ1) is 11.9. The highest BCUT2D eigenvalue weighted by atomic mass is 16.3. The Hall–Kier alpha value is -0.120.